The topological polar surface area (TPSA) is 69.7 Å². The molecule has 0 spiro atoms. The molecule has 0 saturated heterocycles. The van der Waals surface area contributed by atoms with Gasteiger partial charge in [0.15, 0.2) is 5.41 Å². The Morgan fingerprint density at radius 2 is 1.46 bits per heavy atom. The number of rotatable bonds is 5. The van der Waals surface area contributed by atoms with Crippen molar-refractivity contribution in [1.29, 1.82) is 0 Å². The third-order valence-electron chi connectivity index (χ3n) is 7.15. The molecule has 1 aromatic carbocycles. The highest BCUT2D eigenvalue weighted by molar-refractivity contribution is 6.41. The van der Waals surface area contributed by atoms with Gasteiger partial charge in [-0.25, -0.2) is 4.79 Å². The van der Waals surface area contributed by atoms with Crippen LogP contribution in [0, 0.1) is 24.7 Å². The maximum Gasteiger partial charge on any atom is 0.375 e. The Morgan fingerprint density at radius 3 is 1.93 bits per heavy atom. The van der Waals surface area contributed by atoms with Gasteiger partial charge in [0.1, 0.15) is 5.60 Å². The molecule has 4 bridgehead atoms. The van der Waals surface area contributed by atoms with Crippen LogP contribution in [0.25, 0.3) is 0 Å². The first-order valence-electron chi connectivity index (χ1n) is 10.2. The molecule has 1 atom stereocenters. The lowest BCUT2D eigenvalue weighted by Crippen LogP contribution is -2.56. The summed E-state index contributed by atoms with van der Waals surface area (Å²) in [6, 6.07) is 7.10. The molecule has 0 amide bonds. The van der Waals surface area contributed by atoms with Crippen LogP contribution in [0.4, 0.5) is 0 Å². The lowest BCUT2D eigenvalue weighted by Gasteiger charge is -2.56. The lowest BCUT2D eigenvalue weighted by molar-refractivity contribution is -0.193. The van der Waals surface area contributed by atoms with Gasteiger partial charge in [-0.3, -0.25) is 9.59 Å². The number of methoxy groups -OCH3 is 1. The Kier molecular flexibility index (Phi) is 4.59. The van der Waals surface area contributed by atoms with E-state index in [0.717, 1.165) is 31.9 Å². The van der Waals surface area contributed by atoms with Crippen molar-refractivity contribution < 1.29 is 23.9 Å². The van der Waals surface area contributed by atoms with E-state index in [1.54, 1.807) is 12.1 Å². The molecule has 150 valence electrons. The van der Waals surface area contributed by atoms with E-state index in [2.05, 4.69) is 4.74 Å². The smallest absolute Gasteiger partial charge is 0.375 e. The van der Waals surface area contributed by atoms with E-state index in [1.807, 2.05) is 19.1 Å². The van der Waals surface area contributed by atoms with Gasteiger partial charge in [-0.2, -0.15) is 0 Å². The minimum Gasteiger partial charge on any atom is -0.463 e. The van der Waals surface area contributed by atoms with Gasteiger partial charge in [-0.1, -0.05) is 29.8 Å². The number of carbonyl (C=O) groups excluding carboxylic acids is 3. The van der Waals surface area contributed by atoms with E-state index in [0.29, 0.717) is 23.3 Å². The van der Waals surface area contributed by atoms with Crippen molar-refractivity contribution in [2.24, 2.45) is 17.8 Å². The van der Waals surface area contributed by atoms with Gasteiger partial charge in [0.05, 0.1) is 7.11 Å². The van der Waals surface area contributed by atoms with Crippen molar-refractivity contribution in [3.8, 4) is 0 Å². The highest BCUT2D eigenvalue weighted by Gasteiger charge is 2.56. The number of hydrogen-bond acceptors (Lipinski definition) is 5. The molecule has 0 heterocycles. The van der Waals surface area contributed by atoms with Crippen LogP contribution < -0.4 is 0 Å². The Morgan fingerprint density at radius 1 is 0.964 bits per heavy atom. The minimum atomic E-state index is -1.70. The molecule has 0 unspecified atom stereocenters. The average Bonchev–Trinajstić information content (AvgIpc) is 2.65. The van der Waals surface area contributed by atoms with Crippen molar-refractivity contribution >= 4 is 17.7 Å². The molecule has 0 aliphatic heterocycles. The maximum absolute atomic E-state index is 13.4. The number of aryl methyl sites for hydroxylation is 1. The molecule has 0 aromatic heterocycles. The molecule has 4 aliphatic rings. The summed E-state index contributed by atoms with van der Waals surface area (Å²) >= 11 is 0. The van der Waals surface area contributed by atoms with Crippen molar-refractivity contribution in [3.05, 3.63) is 35.4 Å². The van der Waals surface area contributed by atoms with Gasteiger partial charge < -0.3 is 9.47 Å². The van der Waals surface area contributed by atoms with Gasteiger partial charge in [0, 0.05) is 0 Å². The third-order valence-corrected chi connectivity index (χ3v) is 7.15. The molecule has 4 saturated carbocycles. The van der Waals surface area contributed by atoms with Gasteiger partial charge in [-0.05, 0) is 75.7 Å². The van der Waals surface area contributed by atoms with E-state index < -0.39 is 28.7 Å². The van der Waals surface area contributed by atoms with Gasteiger partial charge in [0.2, 0.25) is 0 Å². The van der Waals surface area contributed by atoms with Gasteiger partial charge >= 0.3 is 11.9 Å². The first-order chi connectivity index (χ1) is 13.3. The first-order valence-corrected chi connectivity index (χ1v) is 10.2. The zero-order valence-corrected chi connectivity index (χ0v) is 16.8. The number of hydrogen-bond donors (Lipinski definition) is 0. The van der Waals surface area contributed by atoms with Gasteiger partial charge in [0.25, 0.3) is 5.78 Å². The SMILES string of the molecule is COC(=O)C(=O)[C@](C)(C(=O)OC12CC3CC(CC(C3)C1)C2)c1ccc(C)cc1. The van der Waals surface area contributed by atoms with E-state index >= 15 is 0 Å². The number of ketones is 1. The second-order valence-electron chi connectivity index (χ2n) is 9.30. The first kappa shape index (κ1) is 19.2. The summed E-state index contributed by atoms with van der Waals surface area (Å²) in [6.07, 6.45) is 6.32. The molecule has 0 N–H and O–H groups in total. The summed E-state index contributed by atoms with van der Waals surface area (Å²) in [6.45, 7) is 3.41. The number of Topliss-reactive ketones (excluding diaryl/α,β-unsaturated/α-hetero) is 1. The van der Waals surface area contributed by atoms with E-state index in [9.17, 15) is 14.4 Å². The summed E-state index contributed by atoms with van der Waals surface area (Å²) in [5.41, 5.74) is -0.715. The summed E-state index contributed by atoms with van der Waals surface area (Å²) < 4.78 is 10.8. The molecule has 5 rings (SSSR count). The third kappa shape index (κ3) is 3.05. The molecule has 1 aromatic rings. The van der Waals surface area contributed by atoms with Crippen molar-refractivity contribution in [3.63, 3.8) is 0 Å². The average molecular weight is 384 g/mol. The predicted molar refractivity (Wildman–Crippen MR) is 103 cm³/mol. The Balaban J connectivity index is 1.66. The van der Waals surface area contributed by atoms with Crippen LogP contribution in [0.5, 0.6) is 0 Å². The minimum absolute atomic E-state index is 0.461. The zero-order valence-electron chi connectivity index (χ0n) is 16.8. The maximum atomic E-state index is 13.4. The van der Waals surface area contributed by atoms with Crippen LogP contribution in [0.1, 0.15) is 56.6 Å². The predicted octanol–water partition coefficient (Wildman–Crippen LogP) is 3.51. The fourth-order valence-electron chi connectivity index (χ4n) is 5.98. The number of ether oxygens (including phenoxy) is 2. The molecule has 4 fully saturated rings. The molecule has 0 radical (unpaired) electrons. The largest absolute Gasteiger partial charge is 0.463 e. The van der Waals surface area contributed by atoms with Crippen LogP contribution in [0.2, 0.25) is 0 Å². The Labute approximate surface area is 165 Å². The molecular formula is C23H28O5. The van der Waals surface area contributed by atoms with Gasteiger partial charge in [-0.15, -0.1) is 0 Å². The Bertz CT molecular complexity index is 774. The van der Waals surface area contributed by atoms with Crippen LogP contribution >= 0.6 is 0 Å². The van der Waals surface area contributed by atoms with E-state index in [1.165, 1.54) is 26.2 Å². The summed E-state index contributed by atoms with van der Waals surface area (Å²) in [4.78, 5) is 38.5. The summed E-state index contributed by atoms with van der Waals surface area (Å²) in [7, 11) is 1.15. The van der Waals surface area contributed by atoms with Crippen LogP contribution in [0.3, 0.4) is 0 Å². The fourth-order valence-corrected chi connectivity index (χ4v) is 5.98. The van der Waals surface area contributed by atoms with Crippen molar-refractivity contribution in [2.75, 3.05) is 7.11 Å². The molecular weight excluding hydrogens is 356 g/mol. The normalized spacial score (nSPS) is 32.5. The van der Waals surface area contributed by atoms with Crippen molar-refractivity contribution in [2.45, 2.75) is 63.4 Å². The molecule has 5 heteroatoms. The van der Waals surface area contributed by atoms with E-state index in [-0.39, 0.29) is 0 Å². The van der Waals surface area contributed by atoms with E-state index in [4.69, 9.17) is 4.74 Å². The summed E-state index contributed by atoms with van der Waals surface area (Å²) in [5, 5.41) is 0. The molecule has 28 heavy (non-hydrogen) atoms. The lowest BCUT2D eigenvalue weighted by atomic mass is 9.54. The van der Waals surface area contributed by atoms with Crippen LogP contribution in [0.15, 0.2) is 24.3 Å². The zero-order chi connectivity index (χ0) is 20.1. The molecule has 5 nitrogen and oxygen atoms in total. The standard InChI is InChI=1S/C23H28O5/c1-14-4-6-18(7-5-14)22(2,19(24)20(25)27-3)21(26)28-23-11-15-8-16(12-23)10-17(9-15)13-23/h4-7,15-17H,8-13H2,1-3H3/t15?,16?,17?,22-,23?/m1/s1. The Hall–Kier alpha value is -2.17. The monoisotopic (exact) mass is 384 g/mol. The fraction of sp³-hybridized carbons (Fsp3) is 0.609. The number of benzene rings is 1. The van der Waals surface area contributed by atoms with Crippen LogP contribution in [-0.2, 0) is 29.3 Å². The quantitative estimate of drug-likeness (QED) is 0.441. The number of esters is 2. The van der Waals surface area contributed by atoms with Crippen molar-refractivity contribution in [1.82, 2.24) is 0 Å². The molecule has 4 aliphatic carbocycles. The second kappa shape index (κ2) is 6.71. The second-order valence-corrected chi connectivity index (χ2v) is 9.30. The highest BCUT2D eigenvalue weighted by Crippen LogP contribution is 2.57. The summed E-state index contributed by atoms with van der Waals surface area (Å²) in [5.74, 6) is -0.698. The van der Waals surface area contributed by atoms with Crippen LogP contribution in [-0.4, -0.2) is 30.4 Å². The highest BCUT2D eigenvalue weighted by atomic mass is 16.6. The number of carbonyl (C=O) groups is 3.